The number of anilines is 1. The number of ether oxygens (including phenoxy) is 1. The minimum absolute atomic E-state index is 0.0622. The third-order valence-electron chi connectivity index (χ3n) is 4.50. The molecule has 0 aromatic heterocycles. The van der Waals surface area contributed by atoms with E-state index in [4.69, 9.17) is 17.0 Å². The molecule has 3 rings (SSSR count). The summed E-state index contributed by atoms with van der Waals surface area (Å²) in [5.41, 5.74) is 2.88. The van der Waals surface area contributed by atoms with Crippen LogP contribution in [0.2, 0.25) is 0 Å². The van der Waals surface area contributed by atoms with E-state index in [0.717, 1.165) is 35.0 Å². The highest BCUT2D eigenvalue weighted by molar-refractivity contribution is 7.81. The highest BCUT2D eigenvalue weighted by Crippen LogP contribution is 2.28. The first-order valence-corrected chi connectivity index (χ1v) is 8.60. The molecule has 2 aliphatic rings. The number of para-hydroxylation sites is 2. The lowest BCUT2D eigenvalue weighted by molar-refractivity contribution is -0.126. The van der Waals surface area contributed by atoms with Crippen LogP contribution in [-0.2, 0) is 4.79 Å². The minimum Gasteiger partial charge on any atom is -0.495 e. The highest BCUT2D eigenvalue weighted by Gasteiger charge is 2.27. The average molecular weight is 342 g/mol. The van der Waals surface area contributed by atoms with E-state index in [1.54, 1.807) is 7.11 Å². The minimum atomic E-state index is 0.0622. The number of allylic oxidation sites excluding steroid dienone is 3. The van der Waals surface area contributed by atoms with Crippen molar-refractivity contribution in [3.63, 3.8) is 0 Å². The number of methoxy groups -OCH3 is 1. The summed E-state index contributed by atoms with van der Waals surface area (Å²) in [6.45, 7) is 4.98. The molecule has 0 unspecified atom stereocenters. The highest BCUT2D eigenvalue weighted by atomic mass is 32.1. The molecule has 0 radical (unpaired) electrons. The molecule has 1 heterocycles. The predicted molar refractivity (Wildman–Crippen MR) is 101 cm³/mol. The molecule has 0 N–H and O–H groups in total. The zero-order valence-corrected chi connectivity index (χ0v) is 14.9. The van der Waals surface area contributed by atoms with Gasteiger partial charge in [-0.3, -0.25) is 4.79 Å². The zero-order chi connectivity index (χ0) is 17.1. The number of hydrogen-bond donors (Lipinski definition) is 0. The van der Waals surface area contributed by atoms with Gasteiger partial charge in [0.15, 0.2) is 0 Å². The molecule has 0 saturated carbocycles. The summed E-state index contributed by atoms with van der Waals surface area (Å²) in [5, 5.41) is 0. The molecule has 5 heteroatoms. The maximum Gasteiger partial charge on any atom is 0.255 e. The van der Waals surface area contributed by atoms with E-state index in [2.05, 4.69) is 17.0 Å². The first kappa shape index (κ1) is 16.7. The molecule has 4 nitrogen and oxygen atoms in total. The van der Waals surface area contributed by atoms with Crippen molar-refractivity contribution in [1.29, 1.82) is 0 Å². The van der Waals surface area contributed by atoms with Crippen LogP contribution in [0.1, 0.15) is 13.3 Å². The van der Waals surface area contributed by atoms with E-state index in [-0.39, 0.29) is 5.91 Å². The van der Waals surface area contributed by atoms with Crippen molar-refractivity contribution in [1.82, 2.24) is 4.90 Å². The summed E-state index contributed by atoms with van der Waals surface area (Å²) in [4.78, 5) is 17.7. The maximum absolute atomic E-state index is 12.8. The zero-order valence-electron chi connectivity index (χ0n) is 14.1. The number of carbonyl (C=O) groups excluding carboxylic acids is 1. The van der Waals surface area contributed by atoms with Crippen molar-refractivity contribution in [2.75, 3.05) is 38.2 Å². The van der Waals surface area contributed by atoms with E-state index in [0.29, 0.717) is 25.1 Å². The fourth-order valence-electron chi connectivity index (χ4n) is 3.12. The lowest BCUT2D eigenvalue weighted by Gasteiger charge is -2.37. The lowest BCUT2D eigenvalue weighted by Crippen LogP contribution is -2.49. The Kier molecular flexibility index (Phi) is 5.00. The summed E-state index contributed by atoms with van der Waals surface area (Å²) < 4.78 is 5.44. The second-order valence-electron chi connectivity index (χ2n) is 6.08. The number of nitrogens with zero attached hydrogens (tertiary/aromatic N) is 2. The molecular weight excluding hydrogens is 320 g/mol. The Hall–Kier alpha value is -2.14. The molecule has 24 heavy (non-hydrogen) atoms. The van der Waals surface area contributed by atoms with Gasteiger partial charge in [-0.25, -0.2) is 0 Å². The number of carbonyl (C=O) groups is 1. The number of amides is 1. The van der Waals surface area contributed by atoms with Gasteiger partial charge >= 0.3 is 0 Å². The van der Waals surface area contributed by atoms with Gasteiger partial charge in [-0.2, -0.15) is 0 Å². The Morgan fingerprint density at radius 3 is 2.58 bits per heavy atom. The summed E-state index contributed by atoms with van der Waals surface area (Å²) in [6, 6.07) is 8.00. The second kappa shape index (κ2) is 7.18. The van der Waals surface area contributed by atoms with E-state index in [1.807, 2.05) is 36.1 Å². The SMILES string of the molecule is COc1ccccc1N1CCN(C(=O)C2=CC(C)=CCC2=S)CC1. The van der Waals surface area contributed by atoms with Crippen molar-refractivity contribution in [2.45, 2.75) is 13.3 Å². The van der Waals surface area contributed by atoms with Crippen LogP contribution in [0.4, 0.5) is 5.69 Å². The fraction of sp³-hybridized carbons (Fsp3) is 0.368. The van der Waals surface area contributed by atoms with Crippen LogP contribution in [0.3, 0.4) is 0 Å². The second-order valence-corrected chi connectivity index (χ2v) is 6.58. The molecule has 1 amide bonds. The van der Waals surface area contributed by atoms with Crippen molar-refractivity contribution >= 4 is 28.7 Å². The molecule has 0 bridgehead atoms. The van der Waals surface area contributed by atoms with Gasteiger partial charge in [-0.1, -0.05) is 36.0 Å². The largest absolute Gasteiger partial charge is 0.495 e. The molecule has 126 valence electrons. The maximum atomic E-state index is 12.8. The van der Waals surface area contributed by atoms with E-state index in [1.165, 1.54) is 0 Å². The standard InChI is InChI=1S/C19H22N2O2S/c1-14-7-8-18(24)15(13-14)19(22)21-11-9-20(10-12-21)16-5-3-4-6-17(16)23-2/h3-7,13H,8-12H2,1-2H3. The van der Waals surface area contributed by atoms with Gasteiger partial charge in [0.25, 0.3) is 5.91 Å². The van der Waals surface area contributed by atoms with Crippen LogP contribution in [0.15, 0.2) is 47.6 Å². The van der Waals surface area contributed by atoms with Crippen LogP contribution >= 0.6 is 12.2 Å². The summed E-state index contributed by atoms with van der Waals surface area (Å²) in [6.07, 6.45) is 4.68. The van der Waals surface area contributed by atoms with Gasteiger partial charge in [0.05, 0.1) is 18.4 Å². The molecular formula is C19H22N2O2S. The van der Waals surface area contributed by atoms with Crippen LogP contribution in [0.5, 0.6) is 5.75 Å². The molecule has 1 fully saturated rings. The fourth-order valence-corrected chi connectivity index (χ4v) is 3.35. The topological polar surface area (TPSA) is 32.8 Å². The summed E-state index contributed by atoms with van der Waals surface area (Å²) in [7, 11) is 1.69. The Bertz CT molecular complexity index is 716. The number of thiocarbonyl (C=S) groups is 1. The predicted octanol–water partition coefficient (Wildman–Crippen LogP) is 2.99. The van der Waals surface area contributed by atoms with Gasteiger partial charge in [-0.05, 0) is 25.1 Å². The Labute approximate surface area is 148 Å². The first-order valence-electron chi connectivity index (χ1n) is 8.19. The quantitative estimate of drug-likeness (QED) is 0.791. The molecule has 1 aromatic rings. The van der Waals surface area contributed by atoms with Gasteiger partial charge in [0.2, 0.25) is 0 Å². The number of hydrogen-bond acceptors (Lipinski definition) is 4. The molecule has 1 saturated heterocycles. The monoisotopic (exact) mass is 342 g/mol. The van der Waals surface area contributed by atoms with Crippen molar-refractivity contribution in [3.05, 3.63) is 47.6 Å². The molecule has 0 spiro atoms. The third-order valence-corrected chi connectivity index (χ3v) is 4.89. The smallest absolute Gasteiger partial charge is 0.255 e. The van der Waals surface area contributed by atoms with Crippen molar-refractivity contribution < 1.29 is 9.53 Å². The van der Waals surface area contributed by atoms with Gasteiger partial charge in [0.1, 0.15) is 5.75 Å². The van der Waals surface area contributed by atoms with Crippen LogP contribution in [-0.4, -0.2) is 49.0 Å². The first-order chi connectivity index (χ1) is 11.6. The van der Waals surface area contributed by atoms with E-state index >= 15 is 0 Å². The molecule has 1 aromatic carbocycles. The number of rotatable bonds is 3. The van der Waals surface area contributed by atoms with Crippen molar-refractivity contribution in [3.8, 4) is 5.75 Å². The Morgan fingerprint density at radius 2 is 1.88 bits per heavy atom. The van der Waals surface area contributed by atoms with Gasteiger partial charge in [0, 0.05) is 37.5 Å². The number of piperazine rings is 1. The molecule has 1 aliphatic heterocycles. The summed E-state index contributed by atoms with van der Waals surface area (Å²) in [5.74, 6) is 0.932. The van der Waals surface area contributed by atoms with E-state index < -0.39 is 0 Å². The molecule has 0 atom stereocenters. The lowest BCUT2D eigenvalue weighted by atomic mass is 9.98. The van der Waals surface area contributed by atoms with Crippen molar-refractivity contribution in [2.24, 2.45) is 0 Å². The number of benzene rings is 1. The average Bonchev–Trinajstić information content (AvgIpc) is 2.63. The van der Waals surface area contributed by atoms with Crippen LogP contribution < -0.4 is 9.64 Å². The normalized spacial score (nSPS) is 18.2. The van der Waals surface area contributed by atoms with Gasteiger partial charge in [-0.15, -0.1) is 0 Å². The Morgan fingerprint density at radius 1 is 1.17 bits per heavy atom. The molecule has 1 aliphatic carbocycles. The van der Waals surface area contributed by atoms with E-state index in [9.17, 15) is 4.79 Å². The Balaban J connectivity index is 1.68. The van der Waals surface area contributed by atoms with Gasteiger partial charge < -0.3 is 14.5 Å². The third kappa shape index (κ3) is 3.36. The summed E-state index contributed by atoms with van der Waals surface area (Å²) >= 11 is 5.37. The van der Waals surface area contributed by atoms with Crippen LogP contribution in [0, 0.1) is 0 Å². The van der Waals surface area contributed by atoms with Crippen LogP contribution in [0.25, 0.3) is 0 Å².